The molecular weight excluding hydrogens is 380 g/mol. The van der Waals surface area contributed by atoms with E-state index in [0.29, 0.717) is 24.5 Å². The largest absolute Gasteiger partial charge is 0.325 e. The van der Waals surface area contributed by atoms with Crippen LogP contribution in [0.1, 0.15) is 24.8 Å². The number of rotatable bonds is 6. The van der Waals surface area contributed by atoms with E-state index in [1.807, 2.05) is 31.2 Å². The van der Waals surface area contributed by atoms with Crippen molar-refractivity contribution in [2.75, 3.05) is 24.2 Å². The average Bonchev–Trinajstić information content (AvgIpc) is 2.68. The summed E-state index contributed by atoms with van der Waals surface area (Å²) in [6.07, 6.45) is 2.90. The zero-order valence-electron chi connectivity index (χ0n) is 15.3. The lowest BCUT2D eigenvalue weighted by Crippen LogP contribution is -2.35. The van der Waals surface area contributed by atoms with Gasteiger partial charge in [0.15, 0.2) is 0 Å². The highest BCUT2D eigenvalue weighted by Gasteiger charge is 2.25. The Hall–Kier alpha value is -1.83. The van der Waals surface area contributed by atoms with Crippen molar-refractivity contribution < 1.29 is 13.2 Å². The number of nitrogens with zero attached hydrogens (tertiary/aromatic N) is 1. The van der Waals surface area contributed by atoms with E-state index in [9.17, 15) is 13.2 Å². The summed E-state index contributed by atoms with van der Waals surface area (Å²) in [5.41, 5.74) is 1.74. The molecule has 2 aromatic carbocycles. The average molecular weight is 405 g/mol. The van der Waals surface area contributed by atoms with Gasteiger partial charge in [0.05, 0.1) is 10.6 Å². The quantitative estimate of drug-likeness (QED) is 0.742. The smallest absolute Gasteiger partial charge is 0.243 e. The van der Waals surface area contributed by atoms with E-state index in [1.165, 1.54) is 11.8 Å². The van der Waals surface area contributed by atoms with Crippen molar-refractivity contribution in [3.8, 4) is 0 Å². The van der Waals surface area contributed by atoms with Crippen LogP contribution in [0.25, 0.3) is 0 Å². The molecule has 0 spiro atoms. The van der Waals surface area contributed by atoms with Gasteiger partial charge in [0.2, 0.25) is 15.9 Å². The molecule has 0 aliphatic carbocycles. The molecule has 1 aliphatic rings. The molecule has 144 valence electrons. The minimum absolute atomic E-state index is 0.116. The molecule has 1 fully saturated rings. The molecule has 0 aromatic heterocycles. The van der Waals surface area contributed by atoms with E-state index < -0.39 is 10.0 Å². The van der Waals surface area contributed by atoms with Gasteiger partial charge < -0.3 is 5.32 Å². The Morgan fingerprint density at radius 3 is 2.37 bits per heavy atom. The number of carbonyl (C=O) groups excluding carboxylic acids is 1. The van der Waals surface area contributed by atoms with Gasteiger partial charge in [0.25, 0.3) is 0 Å². The van der Waals surface area contributed by atoms with Crippen molar-refractivity contribution in [2.24, 2.45) is 0 Å². The molecule has 0 atom stereocenters. The van der Waals surface area contributed by atoms with Gasteiger partial charge in [-0.3, -0.25) is 4.79 Å². The van der Waals surface area contributed by atoms with Crippen LogP contribution in [0.2, 0.25) is 0 Å². The molecule has 1 saturated heterocycles. The van der Waals surface area contributed by atoms with E-state index in [2.05, 4.69) is 5.32 Å². The highest BCUT2D eigenvalue weighted by atomic mass is 32.2. The van der Waals surface area contributed by atoms with Gasteiger partial charge in [0.1, 0.15) is 0 Å². The van der Waals surface area contributed by atoms with Crippen molar-refractivity contribution in [1.82, 2.24) is 4.31 Å². The van der Waals surface area contributed by atoms with Gasteiger partial charge in [-0.15, -0.1) is 11.8 Å². The van der Waals surface area contributed by atoms with Crippen LogP contribution in [0.3, 0.4) is 0 Å². The maximum atomic E-state index is 12.6. The third kappa shape index (κ3) is 5.12. The van der Waals surface area contributed by atoms with Crippen molar-refractivity contribution in [1.29, 1.82) is 0 Å². The Kier molecular flexibility index (Phi) is 6.57. The third-order valence-corrected chi connectivity index (χ3v) is 7.63. The number of carbonyl (C=O) groups is 1. The van der Waals surface area contributed by atoms with Crippen LogP contribution in [0.5, 0.6) is 0 Å². The fourth-order valence-corrected chi connectivity index (χ4v) is 5.37. The van der Waals surface area contributed by atoms with E-state index in [-0.39, 0.29) is 10.8 Å². The molecule has 3 rings (SSSR count). The van der Waals surface area contributed by atoms with Gasteiger partial charge in [-0.05, 0) is 55.7 Å². The fraction of sp³-hybridized carbons (Fsp3) is 0.350. The topological polar surface area (TPSA) is 66.5 Å². The number of anilines is 1. The highest BCUT2D eigenvalue weighted by Crippen LogP contribution is 2.23. The number of hydrogen-bond donors (Lipinski definition) is 1. The lowest BCUT2D eigenvalue weighted by atomic mass is 10.2. The van der Waals surface area contributed by atoms with Crippen LogP contribution in [-0.2, 0) is 14.8 Å². The number of amides is 1. The zero-order valence-corrected chi connectivity index (χ0v) is 17.0. The summed E-state index contributed by atoms with van der Waals surface area (Å²) >= 11 is 1.49. The monoisotopic (exact) mass is 404 g/mol. The van der Waals surface area contributed by atoms with Crippen LogP contribution in [0.4, 0.5) is 5.69 Å². The first-order valence-electron chi connectivity index (χ1n) is 9.05. The first-order valence-corrected chi connectivity index (χ1v) is 11.5. The number of nitrogens with one attached hydrogen (secondary N) is 1. The molecule has 0 saturated carbocycles. The molecule has 0 unspecified atom stereocenters. The maximum Gasteiger partial charge on any atom is 0.243 e. The molecule has 1 aliphatic heterocycles. The second-order valence-corrected chi connectivity index (χ2v) is 9.55. The van der Waals surface area contributed by atoms with Gasteiger partial charge in [-0.25, -0.2) is 8.42 Å². The summed E-state index contributed by atoms with van der Waals surface area (Å²) in [7, 11) is -3.44. The van der Waals surface area contributed by atoms with E-state index in [1.54, 1.807) is 28.6 Å². The van der Waals surface area contributed by atoms with Gasteiger partial charge in [0, 0.05) is 23.7 Å². The van der Waals surface area contributed by atoms with Gasteiger partial charge >= 0.3 is 0 Å². The van der Waals surface area contributed by atoms with Crippen LogP contribution in [-0.4, -0.2) is 37.5 Å². The predicted octanol–water partition coefficient (Wildman–Crippen LogP) is 3.90. The number of sulfonamides is 1. The van der Waals surface area contributed by atoms with Crippen molar-refractivity contribution >= 4 is 33.4 Å². The molecular formula is C20H24N2O3S2. The number of thioether (sulfide) groups is 1. The van der Waals surface area contributed by atoms with E-state index >= 15 is 0 Å². The number of benzene rings is 2. The van der Waals surface area contributed by atoms with Crippen molar-refractivity contribution in [3.05, 3.63) is 54.1 Å². The normalized spacial score (nSPS) is 15.4. The van der Waals surface area contributed by atoms with E-state index in [4.69, 9.17) is 0 Å². The zero-order chi connectivity index (χ0) is 19.3. The molecule has 0 radical (unpaired) electrons. The number of aryl methyl sites for hydroxylation is 1. The van der Waals surface area contributed by atoms with Gasteiger partial charge in [-0.2, -0.15) is 4.31 Å². The summed E-state index contributed by atoms with van der Waals surface area (Å²) < 4.78 is 26.8. The third-order valence-electron chi connectivity index (χ3n) is 4.54. The second-order valence-electron chi connectivity index (χ2n) is 6.59. The lowest BCUT2D eigenvalue weighted by molar-refractivity contribution is -0.113. The van der Waals surface area contributed by atoms with Crippen LogP contribution >= 0.6 is 11.8 Å². The Morgan fingerprint density at radius 2 is 1.70 bits per heavy atom. The van der Waals surface area contributed by atoms with Crippen molar-refractivity contribution in [2.45, 2.75) is 36.0 Å². The first-order chi connectivity index (χ1) is 13.0. The molecule has 2 aromatic rings. The molecule has 1 heterocycles. The summed E-state index contributed by atoms with van der Waals surface area (Å²) in [6.45, 7) is 3.18. The van der Waals surface area contributed by atoms with Crippen LogP contribution in [0, 0.1) is 6.92 Å². The molecule has 7 heteroatoms. The van der Waals surface area contributed by atoms with Crippen LogP contribution < -0.4 is 5.32 Å². The Balaban J connectivity index is 1.58. The molecule has 27 heavy (non-hydrogen) atoms. The Morgan fingerprint density at radius 1 is 1.04 bits per heavy atom. The molecule has 5 nitrogen and oxygen atoms in total. The number of hydrogen-bond acceptors (Lipinski definition) is 4. The predicted molar refractivity (Wildman–Crippen MR) is 110 cm³/mol. The molecule has 1 amide bonds. The molecule has 1 N–H and O–H groups in total. The fourth-order valence-electron chi connectivity index (χ4n) is 3.02. The number of piperidine rings is 1. The Bertz CT molecular complexity index is 890. The van der Waals surface area contributed by atoms with E-state index in [0.717, 1.165) is 29.7 Å². The summed E-state index contributed by atoms with van der Waals surface area (Å²) in [5, 5.41) is 2.82. The van der Waals surface area contributed by atoms with Crippen LogP contribution in [0.15, 0.2) is 58.3 Å². The summed E-state index contributed by atoms with van der Waals surface area (Å²) in [6, 6.07) is 14.4. The maximum absolute atomic E-state index is 12.6. The van der Waals surface area contributed by atoms with Gasteiger partial charge in [-0.1, -0.05) is 24.6 Å². The standard InChI is InChI=1S/C20H24N2O3S2/c1-16-7-3-4-8-19(16)26-15-20(23)21-17-9-11-18(12-10-17)27(24,25)22-13-5-2-6-14-22/h3-4,7-12H,2,5-6,13-15H2,1H3,(H,21,23). The minimum atomic E-state index is -3.44. The SMILES string of the molecule is Cc1ccccc1SCC(=O)Nc1ccc(S(=O)(=O)N2CCCCC2)cc1. The lowest BCUT2D eigenvalue weighted by Gasteiger charge is -2.25. The Labute approximate surface area is 165 Å². The highest BCUT2D eigenvalue weighted by molar-refractivity contribution is 8.00. The summed E-state index contributed by atoms with van der Waals surface area (Å²) in [5.74, 6) is 0.188. The van der Waals surface area contributed by atoms with Crippen molar-refractivity contribution in [3.63, 3.8) is 0 Å². The minimum Gasteiger partial charge on any atom is -0.325 e. The summed E-state index contributed by atoms with van der Waals surface area (Å²) in [4.78, 5) is 13.5. The second kappa shape index (κ2) is 8.91. The molecule has 0 bridgehead atoms. The first kappa shape index (κ1) is 19.9.